The highest BCUT2D eigenvalue weighted by Gasteiger charge is 2.33. The van der Waals surface area contributed by atoms with Crippen LogP contribution in [0.3, 0.4) is 0 Å². The number of methoxy groups -OCH3 is 1. The summed E-state index contributed by atoms with van der Waals surface area (Å²) in [5.74, 6) is -1.28. The number of aliphatic hydroxyl groups excluding tert-OH is 1. The van der Waals surface area contributed by atoms with Crippen LogP contribution in [-0.4, -0.2) is 67.8 Å². The Balaban J connectivity index is 1.89. The van der Waals surface area contributed by atoms with Crippen LogP contribution in [0.15, 0.2) is 89.8 Å². The Morgan fingerprint density at radius 1 is 0.974 bits per heavy atom. The lowest BCUT2D eigenvalue weighted by Gasteiger charge is -2.31. The largest absolute Gasteiger partial charge is 0.497 e. The number of sulfone groups is 1. The highest BCUT2D eigenvalue weighted by atomic mass is 32.2. The van der Waals surface area contributed by atoms with Gasteiger partial charge in [-0.25, -0.2) is 8.42 Å². The molecule has 0 spiro atoms. The smallest absolute Gasteiger partial charge is 0.246 e. The molecule has 39 heavy (non-hydrogen) atoms. The maximum atomic E-state index is 13.8. The summed E-state index contributed by atoms with van der Waals surface area (Å²) in [6, 6.07) is 22.1. The Kier molecular flexibility index (Phi) is 10.6. The van der Waals surface area contributed by atoms with Gasteiger partial charge in [-0.05, 0) is 41.8 Å². The first kappa shape index (κ1) is 29.8. The monoisotopic (exact) mass is 553 g/mol. The lowest BCUT2D eigenvalue weighted by atomic mass is 10.0. The molecule has 0 fully saturated rings. The van der Waals surface area contributed by atoms with Crippen molar-refractivity contribution in [3.05, 3.63) is 96.1 Å². The molecule has 0 aromatic heterocycles. The van der Waals surface area contributed by atoms with Crippen LogP contribution in [0.4, 0.5) is 0 Å². The Morgan fingerprint density at radius 2 is 1.59 bits per heavy atom. The van der Waals surface area contributed by atoms with Gasteiger partial charge in [0.2, 0.25) is 11.8 Å². The van der Waals surface area contributed by atoms with Crippen molar-refractivity contribution >= 4 is 21.7 Å². The average Bonchev–Trinajstić information content (AvgIpc) is 2.92. The number of nitrogens with one attached hydrogen (secondary N) is 1. The molecule has 4 N–H and O–H groups in total. The highest BCUT2D eigenvalue weighted by Crippen LogP contribution is 2.18. The predicted octanol–water partition coefficient (Wildman–Crippen LogP) is 1.93. The lowest BCUT2D eigenvalue weighted by molar-refractivity contribution is -0.137. The molecule has 0 unspecified atom stereocenters. The molecule has 10 heteroatoms. The quantitative estimate of drug-likeness (QED) is 0.294. The molecule has 3 aromatic rings. The Bertz CT molecular complexity index is 1340. The fourth-order valence-corrected chi connectivity index (χ4v) is 5.62. The minimum atomic E-state index is -3.92. The van der Waals surface area contributed by atoms with Crippen LogP contribution < -0.4 is 15.8 Å². The molecule has 0 bridgehead atoms. The average molecular weight is 554 g/mol. The van der Waals surface area contributed by atoms with Crippen molar-refractivity contribution in [1.82, 2.24) is 10.2 Å². The summed E-state index contributed by atoms with van der Waals surface area (Å²) in [4.78, 5) is 27.2. The first-order chi connectivity index (χ1) is 18.6. The van der Waals surface area contributed by atoms with Crippen molar-refractivity contribution in [2.24, 2.45) is 5.73 Å². The molecule has 3 atom stereocenters. The summed E-state index contributed by atoms with van der Waals surface area (Å²) in [7, 11) is -2.40. The third-order valence-electron chi connectivity index (χ3n) is 6.20. The van der Waals surface area contributed by atoms with Gasteiger partial charge < -0.3 is 25.8 Å². The molecule has 2 amide bonds. The second-order valence-corrected chi connectivity index (χ2v) is 11.4. The number of nitrogens with two attached hydrogens (primary N) is 1. The molecule has 3 aromatic carbocycles. The van der Waals surface area contributed by atoms with Gasteiger partial charge in [0.1, 0.15) is 11.8 Å². The van der Waals surface area contributed by atoms with Crippen molar-refractivity contribution in [3.8, 4) is 5.75 Å². The van der Waals surface area contributed by atoms with Crippen LogP contribution in [0.25, 0.3) is 0 Å². The lowest BCUT2D eigenvalue weighted by Crippen LogP contribution is -2.54. The van der Waals surface area contributed by atoms with E-state index in [0.29, 0.717) is 17.7 Å². The van der Waals surface area contributed by atoms with Gasteiger partial charge in [0.15, 0.2) is 9.84 Å². The fraction of sp³-hybridized carbons (Fsp3) is 0.310. The SMILES string of the molecule is COc1cccc(CN(C[C@@H](O)[C@@H](N)Cc2ccccc2)C(=O)[C@H](CS(=O)(=O)c2ccccc2)NC(C)=O)c1. The topological polar surface area (TPSA) is 139 Å². The zero-order chi connectivity index (χ0) is 28.4. The number of hydrogen-bond acceptors (Lipinski definition) is 7. The van der Waals surface area contributed by atoms with Crippen molar-refractivity contribution in [1.29, 1.82) is 0 Å². The van der Waals surface area contributed by atoms with Crippen molar-refractivity contribution < 1.29 is 27.9 Å². The number of carbonyl (C=O) groups excluding carboxylic acids is 2. The number of carbonyl (C=O) groups is 2. The van der Waals surface area contributed by atoms with Gasteiger partial charge in [0.05, 0.1) is 23.9 Å². The van der Waals surface area contributed by atoms with E-state index in [0.717, 1.165) is 5.56 Å². The second kappa shape index (κ2) is 13.9. The van der Waals surface area contributed by atoms with Gasteiger partial charge >= 0.3 is 0 Å². The Hall–Kier alpha value is -3.73. The summed E-state index contributed by atoms with van der Waals surface area (Å²) in [5, 5.41) is 13.5. The summed E-state index contributed by atoms with van der Waals surface area (Å²) in [6.45, 7) is 1.07. The molecule has 0 aliphatic rings. The molecule has 3 rings (SSSR count). The molecule has 0 heterocycles. The summed E-state index contributed by atoms with van der Waals surface area (Å²) in [6.07, 6.45) is -0.746. The van der Waals surface area contributed by atoms with Crippen LogP contribution in [0.1, 0.15) is 18.1 Å². The van der Waals surface area contributed by atoms with Crippen LogP contribution in [0.2, 0.25) is 0 Å². The number of nitrogens with zero attached hydrogens (tertiary/aromatic N) is 1. The van der Waals surface area contributed by atoms with Crippen molar-refractivity contribution in [3.63, 3.8) is 0 Å². The van der Waals surface area contributed by atoms with E-state index in [1.165, 1.54) is 31.1 Å². The number of ether oxygens (including phenoxy) is 1. The molecule has 0 saturated heterocycles. The first-order valence-electron chi connectivity index (χ1n) is 12.5. The highest BCUT2D eigenvalue weighted by molar-refractivity contribution is 7.91. The third kappa shape index (κ3) is 8.91. The van der Waals surface area contributed by atoms with Gasteiger partial charge in [-0.3, -0.25) is 9.59 Å². The molecule has 0 aliphatic heterocycles. The number of benzene rings is 3. The van der Waals surface area contributed by atoms with E-state index in [1.54, 1.807) is 42.5 Å². The molecule has 9 nitrogen and oxygen atoms in total. The van der Waals surface area contributed by atoms with Crippen molar-refractivity contribution in [2.45, 2.75) is 43.0 Å². The minimum Gasteiger partial charge on any atom is -0.497 e. The number of hydrogen-bond donors (Lipinski definition) is 3. The summed E-state index contributed by atoms with van der Waals surface area (Å²) >= 11 is 0. The van der Waals surface area contributed by atoms with E-state index in [2.05, 4.69) is 5.32 Å². The van der Waals surface area contributed by atoms with Crippen LogP contribution in [0.5, 0.6) is 5.75 Å². The third-order valence-corrected chi connectivity index (χ3v) is 7.96. The standard InChI is InChI=1S/C29H35N3O6S/c1-21(33)31-27(20-39(36,37)25-14-7-4-8-15-25)29(35)32(18-23-12-9-13-24(16-23)38-2)19-28(34)26(30)17-22-10-5-3-6-11-22/h3-16,26-28,34H,17-20,30H2,1-2H3,(H,31,33)/t26-,27-,28+/m0/s1. The minimum absolute atomic E-state index is 0.0343. The number of amides is 2. The molecule has 0 saturated carbocycles. The molecule has 0 aliphatic carbocycles. The maximum Gasteiger partial charge on any atom is 0.246 e. The van der Waals surface area contributed by atoms with Gasteiger partial charge in [-0.15, -0.1) is 0 Å². The summed E-state index contributed by atoms with van der Waals surface area (Å²) < 4.78 is 31.5. The van der Waals surface area contributed by atoms with E-state index >= 15 is 0 Å². The fourth-order valence-electron chi connectivity index (χ4n) is 4.19. The molecular formula is C29H35N3O6S. The van der Waals surface area contributed by atoms with E-state index in [9.17, 15) is 23.1 Å². The molecule has 208 valence electrons. The van der Waals surface area contributed by atoms with E-state index in [4.69, 9.17) is 10.5 Å². The van der Waals surface area contributed by atoms with Gasteiger partial charge in [-0.1, -0.05) is 60.7 Å². The predicted molar refractivity (Wildman–Crippen MR) is 149 cm³/mol. The Morgan fingerprint density at radius 3 is 2.21 bits per heavy atom. The van der Waals surface area contributed by atoms with Crippen LogP contribution >= 0.6 is 0 Å². The normalized spacial score (nSPS) is 13.6. The molecule has 0 radical (unpaired) electrons. The number of rotatable bonds is 13. The summed E-state index contributed by atoms with van der Waals surface area (Å²) in [5.41, 5.74) is 7.92. The first-order valence-corrected chi connectivity index (χ1v) is 14.2. The van der Waals surface area contributed by atoms with Crippen LogP contribution in [0, 0.1) is 0 Å². The Labute approximate surface area is 229 Å². The van der Waals surface area contributed by atoms with Crippen LogP contribution in [-0.2, 0) is 32.4 Å². The van der Waals surface area contributed by atoms with Gasteiger partial charge in [0, 0.05) is 26.1 Å². The second-order valence-electron chi connectivity index (χ2n) is 9.34. The van der Waals surface area contributed by atoms with Gasteiger partial charge in [-0.2, -0.15) is 0 Å². The van der Waals surface area contributed by atoms with E-state index < -0.39 is 45.6 Å². The zero-order valence-electron chi connectivity index (χ0n) is 22.1. The van der Waals surface area contributed by atoms with E-state index in [1.807, 2.05) is 30.3 Å². The molecular weight excluding hydrogens is 518 g/mol. The van der Waals surface area contributed by atoms with Crippen molar-refractivity contribution in [2.75, 3.05) is 19.4 Å². The number of aliphatic hydroxyl groups is 1. The maximum absolute atomic E-state index is 13.8. The van der Waals surface area contributed by atoms with E-state index in [-0.39, 0.29) is 18.0 Å². The van der Waals surface area contributed by atoms with Gasteiger partial charge in [0.25, 0.3) is 0 Å². The zero-order valence-corrected chi connectivity index (χ0v) is 22.9.